The molecule has 96 valence electrons. The zero-order valence-electron chi connectivity index (χ0n) is 9.67. The molecular weight excluding hydrogens is 242 g/mol. The summed E-state index contributed by atoms with van der Waals surface area (Å²) < 4.78 is 4.95. The van der Waals surface area contributed by atoms with Crippen molar-refractivity contribution < 1.29 is 14.9 Å². The molecule has 0 heterocycles. The molecule has 0 bridgehead atoms. The van der Waals surface area contributed by atoms with Crippen molar-refractivity contribution in [2.24, 2.45) is 11.7 Å². The Kier molecular flexibility index (Phi) is 4.62. The average molecular weight is 260 g/mol. The Morgan fingerprint density at radius 3 is 2.53 bits per heavy atom. The summed E-state index contributed by atoms with van der Waals surface area (Å²) in [7, 11) is 1.49. The van der Waals surface area contributed by atoms with Crippen LogP contribution in [0.15, 0.2) is 18.2 Å². The van der Waals surface area contributed by atoms with Crippen LogP contribution in [0, 0.1) is 5.92 Å². The zero-order valence-corrected chi connectivity index (χ0v) is 10.5. The molecule has 0 radical (unpaired) electrons. The molecule has 1 aliphatic carbocycles. The van der Waals surface area contributed by atoms with Gasteiger partial charge in [0.05, 0.1) is 19.3 Å². The van der Waals surface area contributed by atoms with E-state index in [9.17, 15) is 10.2 Å². The molecule has 1 saturated carbocycles. The van der Waals surface area contributed by atoms with Gasteiger partial charge in [0.25, 0.3) is 0 Å². The summed E-state index contributed by atoms with van der Waals surface area (Å²) >= 11 is 0. The second kappa shape index (κ2) is 5.58. The maximum atomic E-state index is 9.89. The van der Waals surface area contributed by atoms with E-state index < -0.39 is 12.1 Å². The Balaban J connectivity index is 0.00000144. The monoisotopic (exact) mass is 259 g/mol. The molecule has 0 aromatic heterocycles. The summed E-state index contributed by atoms with van der Waals surface area (Å²) in [5.41, 5.74) is 6.67. The van der Waals surface area contributed by atoms with Gasteiger partial charge in [-0.1, -0.05) is 6.07 Å². The van der Waals surface area contributed by atoms with E-state index >= 15 is 0 Å². The fourth-order valence-corrected chi connectivity index (χ4v) is 1.84. The van der Waals surface area contributed by atoms with Crippen molar-refractivity contribution in [3.05, 3.63) is 23.8 Å². The molecule has 0 amide bonds. The lowest BCUT2D eigenvalue weighted by Crippen LogP contribution is -2.27. The number of aliphatic hydroxyl groups excluding tert-OH is 1. The minimum atomic E-state index is -0.521. The summed E-state index contributed by atoms with van der Waals surface area (Å²) in [5.74, 6) is 0.787. The van der Waals surface area contributed by atoms with Crippen LogP contribution in [0.3, 0.4) is 0 Å². The minimum absolute atomic E-state index is 0. The minimum Gasteiger partial charge on any atom is -0.504 e. The predicted molar refractivity (Wildman–Crippen MR) is 67.6 cm³/mol. The first kappa shape index (κ1) is 14.1. The van der Waals surface area contributed by atoms with Crippen molar-refractivity contribution in [3.8, 4) is 11.5 Å². The third-order valence-corrected chi connectivity index (χ3v) is 3.06. The predicted octanol–water partition coefficient (Wildman–Crippen LogP) is 1.59. The van der Waals surface area contributed by atoms with Gasteiger partial charge in [-0.25, -0.2) is 0 Å². The lowest BCUT2D eigenvalue weighted by Gasteiger charge is -2.19. The maximum absolute atomic E-state index is 9.89. The van der Waals surface area contributed by atoms with Gasteiger partial charge in [0.15, 0.2) is 11.5 Å². The molecule has 4 N–H and O–H groups in total. The van der Waals surface area contributed by atoms with Crippen LogP contribution in [0.25, 0.3) is 0 Å². The first-order valence-electron chi connectivity index (χ1n) is 5.44. The first-order chi connectivity index (χ1) is 7.63. The molecule has 0 saturated heterocycles. The van der Waals surface area contributed by atoms with E-state index in [4.69, 9.17) is 10.5 Å². The van der Waals surface area contributed by atoms with Gasteiger partial charge in [-0.2, -0.15) is 0 Å². The van der Waals surface area contributed by atoms with E-state index in [0.717, 1.165) is 18.4 Å². The van der Waals surface area contributed by atoms with Crippen LogP contribution in [0.1, 0.15) is 24.4 Å². The normalized spacial score (nSPS) is 18.1. The largest absolute Gasteiger partial charge is 0.504 e. The number of ether oxygens (including phenoxy) is 1. The summed E-state index contributed by atoms with van der Waals surface area (Å²) in [6.07, 6.45) is 1.56. The second-order valence-electron chi connectivity index (χ2n) is 4.29. The Hall–Kier alpha value is -0.970. The highest BCUT2D eigenvalue weighted by molar-refractivity contribution is 5.85. The van der Waals surface area contributed by atoms with E-state index in [2.05, 4.69) is 0 Å². The summed E-state index contributed by atoms with van der Waals surface area (Å²) in [6, 6.07) is 4.54. The molecule has 2 atom stereocenters. The first-order valence-corrected chi connectivity index (χ1v) is 5.44. The van der Waals surface area contributed by atoms with Gasteiger partial charge in [-0.15, -0.1) is 12.4 Å². The van der Waals surface area contributed by atoms with Crippen molar-refractivity contribution in [2.75, 3.05) is 7.11 Å². The quantitative estimate of drug-likeness (QED) is 0.768. The van der Waals surface area contributed by atoms with Crippen molar-refractivity contribution >= 4 is 12.4 Å². The van der Waals surface area contributed by atoms with Crippen molar-refractivity contribution in [1.29, 1.82) is 0 Å². The second-order valence-corrected chi connectivity index (χ2v) is 4.29. The van der Waals surface area contributed by atoms with Gasteiger partial charge < -0.3 is 20.7 Å². The van der Waals surface area contributed by atoms with Crippen LogP contribution in [-0.4, -0.2) is 23.4 Å². The SMILES string of the molecule is COc1ccc([C@@H](N)[C@@H](O)C2CC2)cc1O.Cl. The molecule has 5 heteroatoms. The smallest absolute Gasteiger partial charge is 0.160 e. The third kappa shape index (κ3) is 3.03. The molecule has 1 aromatic carbocycles. The molecule has 17 heavy (non-hydrogen) atoms. The van der Waals surface area contributed by atoms with Gasteiger partial charge in [0.1, 0.15) is 0 Å². The van der Waals surface area contributed by atoms with E-state index in [-0.39, 0.29) is 18.2 Å². The molecule has 0 unspecified atom stereocenters. The molecular formula is C12H18ClNO3. The van der Waals surface area contributed by atoms with E-state index in [1.165, 1.54) is 7.11 Å². The van der Waals surface area contributed by atoms with Gasteiger partial charge in [0.2, 0.25) is 0 Å². The fourth-order valence-electron chi connectivity index (χ4n) is 1.84. The average Bonchev–Trinajstić information content (AvgIpc) is 3.11. The zero-order chi connectivity index (χ0) is 11.7. The highest BCUT2D eigenvalue weighted by atomic mass is 35.5. The molecule has 4 nitrogen and oxygen atoms in total. The Morgan fingerprint density at radius 2 is 2.06 bits per heavy atom. The van der Waals surface area contributed by atoms with Crippen molar-refractivity contribution in [1.82, 2.24) is 0 Å². The number of rotatable bonds is 4. The summed E-state index contributed by atoms with van der Waals surface area (Å²) in [6.45, 7) is 0. The number of nitrogens with two attached hydrogens (primary N) is 1. The van der Waals surface area contributed by atoms with Crippen molar-refractivity contribution in [2.45, 2.75) is 25.0 Å². The molecule has 0 aliphatic heterocycles. The van der Waals surface area contributed by atoms with Crippen LogP contribution >= 0.6 is 12.4 Å². The Bertz CT molecular complexity index is 382. The number of benzene rings is 1. The van der Waals surface area contributed by atoms with Gasteiger partial charge in [-0.05, 0) is 36.5 Å². The number of halogens is 1. The van der Waals surface area contributed by atoms with Crippen LogP contribution in [0.2, 0.25) is 0 Å². The number of aliphatic hydroxyl groups is 1. The standard InChI is InChI=1S/C12H17NO3.ClH/c1-16-10-5-4-8(6-9(10)14)11(13)12(15)7-2-3-7;/h4-7,11-12,14-15H,2-3,13H2,1H3;1H/t11-,12+;/m1./s1. The molecule has 0 spiro atoms. The lowest BCUT2D eigenvalue weighted by molar-refractivity contribution is 0.122. The Morgan fingerprint density at radius 1 is 1.41 bits per heavy atom. The van der Waals surface area contributed by atoms with E-state index in [0.29, 0.717) is 11.7 Å². The molecule has 1 aromatic rings. The van der Waals surface area contributed by atoms with E-state index in [1.54, 1.807) is 18.2 Å². The highest BCUT2D eigenvalue weighted by Gasteiger charge is 2.34. The highest BCUT2D eigenvalue weighted by Crippen LogP contribution is 2.38. The van der Waals surface area contributed by atoms with Crippen molar-refractivity contribution in [3.63, 3.8) is 0 Å². The fraction of sp³-hybridized carbons (Fsp3) is 0.500. The summed E-state index contributed by atoms with van der Waals surface area (Å²) in [5, 5.41) is 19.5. The molecule has 1 aliphatic rings. The number of hydrogen-bond donors (Lipinski definition) is 3. The lowest BCUT2D eigenvalue weighted by atomic mass is 9.99. The van der Waals surface area contributed by atoms with Crippen LogP contribution in [-0.2, 0) is 0 Å². The molecule has 2 rings (SSSR count). The number of phenolic OH excluding ortho intramolecular Hbond substituents is 1. The Labute approximate surface area is 107 Å². The topological polar surface area (TPSA) is 75.7 Å². The van der Waals surface area contributed by atoms with Gasteiger partial charge >= 0.3 is 0 Å². The van der Waals surface area contributed by atoms with Crippen LogP contribution in [0.4, 0.5) is 0 Å². The van der Waals surface area contributed by atoms with Crippen LogP contribution in [0.5, 0.6) is 11.5 Å². The number of methoxy groups -OCH3 is 1. The number of phenols is 1. The molecule has 1 fully saturated rings. The van der Waals surface area contributed by atoms with Gasteiger partial charge in [-0.3, -0.25) is 0 Å². The van der Waals surface area contributed by atoms with Crippen LogP contribution < -0.4 is 10.5 Å². The summed E-state index contributed by atoms with van der Waals surface area (Å²) in [4.78, 5) is 0. The van der Waals surface area contributed by atoms with Gasteiger partial charge in [0, 0.05) is 0 Å². The third-order valence-electron chi connectivity index (χ3n) is 3.06. The maximum Gasteiger partial charge on any atom is 0.160 e. The number of aromatic hydroxyl groups is 1. The van der Waals surface area contributed by atoms with E-state index in [1.807, 2.05) is 0 Å². The number of hydrogen-bond acceptors (Lipinski definition) is 4.